The van der Waals surface area contributed by atoms with Gasteiger partial charge in [0.15, 0.2) is 22.5 Å². The summed E-state index contributed by atoms with van der Waals surface area (Å²) in [5.41, 5.74) is 5.73. The van der Waals surface area contributed by atoms with Gasteiger partial charge < -0.3 is 16.4 Å². The van der Waals surface area contributed by atoms with Crippen molar-refractivity contribution in [3.05, 3.63) is 10.8 Å². The summed E-state index contributed by atoms with van der Waals surface area (Å²) >= 11 is 5.97. The number of nitrogens with two attached hydrogens (primary N) is 1. The number of unbranched alkanes of at least 4 members (excludes halogenated alkanes) is 3. The molecule has 0 saturated carbocycles. The fourth-order valence-corrected chi connectivity index (χ4v) is 1.78. The average molecular weight is 316 g/mol. The Balaban J connectivity index is 0.00000191. The van der Waals surface area contributed by atoms with Gasteiger partial charge in [0.25, 0.3) is 5.91 Å². The Hall–Kier alpha value is -1.56. The quantitative estimate of drug-likeness (QED) is 0.672. The molecule has 6 nitrogen and oxygen atoms in total. The van der Waals surface area contributed by atoms with Gasteiger partial charge in [-0.2, -0.15) is 0 Å². The molecular formula is C14H26ClN5O. The van der Waals surface area contributed by atoms with Gasteiger partial charge in [0, 0.05) is 13.6 Å². The summed E-state index contributed by atoms with van der Waals surface area (Å²) in [4.78, 5) is 19.5. The number of nitrogen functional groups attached to an aromatic ring is 1. The minimum absolute atomic E-state index is 0.0454. The Morgan fingerprint density at radius 3 is 2.48 bits per heavy atom. The third kappa shape index (κ3) is 6.62. The molecule has 21 heavy (non-hydrogen) atoms. The summed E-state index contributed by atoms with van der Waals surface area (Å²) in [6.07, 6.45) is 4.58. The first-order chi connectivity index (χ1) is 10.1. The zero-order chi connectivity index (χ0) is 16.3. The van der Waals surface area contributed by atoms with Gasteiger partial charge in [0.1, 0.15) is 0 Å². The molecule has 7 heteroatoms. The van der Waals surface area contributed by atoms with Crippen LogP contribution in [0.4, 0.5) is 11.6 Å². The summed E-state index contributed by atoms with van der Waals surface area (Å²) in [6, 6.07) is 0. The lowest BCUT2D eigenvalue weighted by molar-refractivity contribution is 0.0959. The van der Waals surface area contributed by atoms with Crippen LogP contribution in [0.3, 0.4) is 0 Å². The molecule has 120 valence electrons. The fourth-order valence-electron chi connectivity index (χ4n) is 1.58. The van der Waals surface area contributed by atoms with Crippen LogP contribution in [0.15, 0.2) is 0 Å². The van der Waals surface area contributed by atoms with Crippen LogP contribution in [0.2, 0.25) is 5.15 Å². The maximum atomic E-state index is 11.5. The van der Waals surface area contributed by atoms with E-state index < -0.39 is 5.91 Å². The molecule has 0 spiro atoms. The predicted octanol–water partition coefficient (Wildman–Crippen LogP) is 3.09. The lowest BCUT2D eigenvalue weighted by Crippen LogP contribution is -2.22. The molecule has 0 aromatic carbocycles. The Morgan fingerprint density at radius 1 is 1.24 bits per heavy atom. The van der Waals surface area contributed by atoms with Crippen molar-refractivity contribution < 1.29 is 4.79 Å². The lowest BCUT2D eigenvalue weighted by Gasteiger charge is -2.09. The van der Waals surface area contributed by atoms with Crippen LogP contribution < -0.4 is 16.4 Å². The number of hydrogen-bond donors (Lipinski definition) is 3. The van der Waals surface area contributed by atoms with E-state index in [0.29, 0.717) is 5.82 Å². The van der Waals surface area contributed by atoms with Gasteiger partial charge in [0.2, 0.25) is 0 Å². The van der Waals surface area contributed by atoms with E-state index in [4.69, 9.17) is 17.3 Å². The molecular weight excluding hydrogens is 290 g/mol. The van der Waals surface area contributed by atoms with Crippen LogP contribution in [0, 0.1) is 0 Å². The Bertz CT molecular complexity index is 440. The van der Waals surface area contributed by atoms with Crippen LogP contribution in [0.5, 0.6) is 0 Å². The van der Waals surface area contributed by atoms with Crippen molar-refractivity contribution in [2.75, 3.05) is 24.6 Å². The number of nitrogens with zero attached hydrogens (tertiary/aromatic N) is 2. The largest absolute Gasteiger partial charge is 0.382 e. The second kappa shape index (κ2) is 11.1. The maximum Gasteiger partial charge on any atom is 0.273 e. The normalized spacial score (nSPS) is 9.57. The van der Waals surface area contributed by atoms with Gasteiger partial charge in [-0.15, -0.1) is 0 Å². The van der Waals surface area contributed by atoms with E-state index in [-0.39, 0.29) is 16.7 Å². The Kier molecular flexibility index (Phi) is 10.3. The summed E-state index contributed by atoms with van der Waals surface area (Å²) in [6.45, 7) is 6.92. The summed E-state index contributed by atoms with van der Waals surface area (Å²) in [7, 11) is 1.50. The number of halogens is 1. The molecule has 0 unspecified atom stereocenters. The Morgan fingerprint density at radius 2 is 1.90 bits per heavy atom. The van der Waals surface area contributed by atoms with Crippen molar-refractivity contribution in [2.45, 2.75) is 46.5 Å². The van der Waals surface area contributed by atoms with Crippen molar-refractivity contribution in [2.24, 2.45) is 0 Å². The smallest absolute Gasteiger partial charge is 0.273 e. The maximum absolute atomic E-state index is 11.5. The number of carbonyl (C=O) groups excluding carboxylic acids is 1. The van der Waals surface area contributed by atoms with Crippen molar-refractivity contribution in [1.29, 1.82) is 0 Å². The minimum atomic E-state index is -0.401. The second-order valence-corrected chi connectivity index (χ2v) is 4.52. The van der Waals surface area contributed by atoms with Crippen molar-refractivity contribution in [1.82, 2.24) is 15.3 Å². The SMILES string of the molecule is CC.CCCCCCNc1nc(N)c(C(=O)NC)nc1Cl. The molecule has 0 aliphatic rings. The van der Waals surface area contributed by atoms with Crippen LogP contribution in [0.25, 0.3) is 0 Å². The fraction of sp³-hybridized carbons (Fsp3) is 0.643. The van der Waals surface area contributed by atoms with E-state index in [0.717, 1.165) is 19.4 Å². The topological polar surface area (TPSA) is 92.9 Å². The molecule has 0 aliphatic heterocycles. The van der Waals surface area contributed by atoms with E-state index in [9.17, 15) is 4.79 Å². The van der Waals surface area contributed by atoms with E-state index in [1.54, 1.807) is 0 Å². The monoisotopic (exact) mass is 315 g/mol. The zero-order valence-corrected chi connectivity index (χ0v) is 14.0. The third-order valence-corrected chi connectivity index (χ3v) is 2.91. The number of amides is 1. The molecule has 0 aliphatic carbocycles. The number of nitrogens with one attached hydrogen (secondary N) is 2. The predicted molar refractivity (Wildman–Crippen MR) is 88.8 cm³/mol. The summed E-state index contributed by atoms with van der Waals surface area (Å²) in [5, 5.41) is 5.67. The number of aromatic nitrogens is 2. The van der Waals surface area contributed by atoms with Crippen LogP contribution in [-0.4, -0.2) is 29.5 Å². The van der Waals surface area contributed by atoms with Gasteiger partial charge in [-0.25, -0.2) is 9.97 Å². The molecule has 0 saturated heterocycles. The number of rotatable bonds is 7. The zero-order valence-electron chi connectivity index (χ0n) is 13.3. The number of carbonyl (C=O) groups is 1. The molecule has 1 heterocycles. The molecule has 0 fully saturated rings. The standard InChI is InChI=1S/C12H20ClN5O.C2H6/c1-3-4-5-6-7-16-11-9(13)17-8(10(14)18-11)12(19)15-2;1-2/h3-7H2,1-2H3,(H,15,19)(H3,14,16,18);1-2H3. The number of hydrogen-bond acceptors (Lipinski definition) is 5. The van der Waals surface area contributed by atoms with Gasteiger partial charge in [-0.05, 0) is 6.42 Å². The molecule has 0 atom stereocenters. The van der Waals surface area contributed by atoms with Crippen LogP contribution in [0.1, 0.15) is 56.9 Å². The van der Waals surface area contributed by atoms with Crippen molar-refractivity contribution in [3.63, 3.8) is 0 Å². The summed E-state index contributed by atoms with van der Waals surface area (Å²) < 4.78 is 0. The van der Waals surface area contributed by atoms with Crippen LogP contribution in [-0.2, 0) is 0 Å². The van der Waals surface area contributed by atoms with Gasteiger partial charge in [-0.1, -0.05) is 51.6 Å². The minimum Gasteiger partial charge on any atom is -0.382 e. The molecule has 1 aromatic rings. The van der Waals surface area contributed by atoms with Gasteiger partial charge in [0.05, 0.1) is 0 Å². The highest BCUT2D eigenvalue weighted by Gasteiger charge is 2.15. The van der Waals surface area contributed by atoms with E-state index in [1.807, 2.05) is 13.8 Å². The van der Waals surface area contributed by atoms with Crippen LogP contribution >= 0.6 is 11.6 Å². The summed E-state index contributed by atoms with van der Waals surface area (Å²) in [5.74, 6) is 0.0875. The molecule has 4 N–H and O–H groups in total. The molecule has 0 bridgehead atoms. The van der Waals surface area contributed by atoms with Gasteiger partial charge >= 0.3 is 0 Å². The molecule has 1 rings (SSSR count). The molecule has 0 radical (unpaired) electrons. The molecule has 1 aromatic heterocycles. The van der Waals surface area contributed by atoms with E-state index in [1.165, 1.54) is 19.9 Å². The Labute approximate surface area is 131 Å². The second-order valence-electron chi connectivity index (χ2n) is 4.16. The highest BCUT2D eigenvalue weighted by molar-refractivity contribution is 6.32. The van der Waals surface area contributed by atoms with Gasteiger partial charge in [-0.3, -0.25) is 4.79 Å². The van der Waals surface area contributed by atoms with Crippen molar-refractivity contribution in [3.8, 4) is 0 Å². The van der Waals surface area contributed by atoms with Crippen molar-refractivity contribution >= 4 is 29.1 Å². The third-order valence-electron chi connectivity index (χ3n) is 2.65. The first-order valence-electron chi connectivity index (χ1n) is 7.39. The highest BCUT2D eigenvalue weighted by Crippen LogP contribution is 2.20. The first kappa shape index (κ1) is 19.4. The number of anilines is 2. The van der Waals surface area contributed by atoms with E-state index in [2.05, 4.69) is 27.5 Å². The van der Waals surface area contributed by atoms with E-state index >= 15 is 0 Å². The molecule has 1 amide bonds. The first-order valence-corrected chi connectivity index (χ1v) is 7.76. The highest BCUT2D eigenvalue weighted by atomic mass is 35.5. The lowest BCUT2D eigenvalue weighted by atomic mass is 10.2. The average Bonchev–Trinajstić information content (AvgIpc) is 2.51.